The first-order valence-corrected chi connectivity index (χ1v) is 41.0. The van der Waals surface area contributed by atoms with Crippen LogP contribution in [-0.4, -0.2) is 96.7 Å². The van der Waals surface area contributed by atoms with Crippen molar-refractivity contribution >= 4 is 39.5 Å². The van der Waals surface area contributed by atoms with Gasteiger partial charge in [0.05, 0.1) is 26.4 Å². The summed E-state index contributed by atoms with van der Waals surface area (Å²) in [6, 6.07) is 0. The smallest absolute Gasteiger partial charge is 0.462 e. The van der Waals surface area contributed by atoms with E-state index < -0.39 is 97.5 Å². The Morgan fingerprint density at radius 3 is 0.826 bits per heavy atom. The number of carbonyl (C=O) groups excluding carboxylic acids is 4. The molecule has 0 bridgehead atoms. The second-order valence-electron chi connectivity index (χ2n) is 27.1. The van der Waals surface area contributed by atoms with Gasteiger partial charge in [-0.3, -0.25) is 37.3 Å². The molecule has 0 aromatic rings. The van der Waals surface area contributed by atoms with E-state index in [2.05, 4.69) is 41.5 Å². The number of rotatable bonds is 72. The molecule has 0 amide bonds. The van der Waals surface area contributed by atoms with Gasteiger partial charge in [-0.15, -0.1) is 0 Å². The molecular formula is C73H142O17P2. The molecular weight excluding hydrogens is 1210 g/mol. The van der Waals surface area contributed by atoms with Crippen LogP contribution in [0.4, 0.5) is 0 Å². The van der Waals surface area contributed by atoms with Crippen LogP contribution in [0.2, 0.25) is 0 Å². The van der Waals surface area contributed by atoms with E-state index >= 15 is 0 Å². The molecule has 6 atom stereocenters. The Morgan fingerprint density at radius 2 is 0.554 bits per heavy atom. The molecule has 0 aliphatic carbocycles. The Labute approximate surface area is 562 Å². The maximum Gasteiger partial charge on any atom is 0.472 e. The first-order chi connectivity index (χ1) is 44.4. The van der Waals surface area contributed by atoms with E-state index in [0.29, 0.717) is 31.6 Å². The summed E-state index contributed by atoms with van der Waals surface area (Å²) >= 11 is 0. The lowest BCUT2D eigenvalue weighted by molar-refractivity contribution is -0.161. The Kier molecular flexibility index (Phi) is 63.7. The van der Waals surface area contributed by atoms with Crippen molar-refractivity contribution in [1.82, 2.24) is 0 Å². The van der Waals surface area contributed by atoms with Gasteiger partial charge in [-0.25, -0.2) is 9.13 Å². The monoisotopic (exact) mass is 1350 g/mol. The van der Waals surface area contributed by atoms with Crippen molar-refractivity contribution in [2.45, 2.75) is 394 Å². The third-order valence-electron chi connectivity index (χ3n) is 17.3. The summed E-state index contributed by atoms with van der Waals surface area (Å²) in [7, 11) is -9.90. The van der Waals surface area contributed by atoms with Crippen LogP contribution in [0.5, 0.6) is 0 Å². The van der Waals surface area contributed by atoms with Gasteiger partial charge in [0.15, 0.2) is 12.2 Å². The highest BCUT2D eigenvalue weighted by atomic mass is 31.2. The van der Waals surface area contributed by atoms with Crippen LogP contribution in [0.15, 0.2) is 0 Å². The summed E-state index contributed by atoms with van der Waals surface area (Å²) in [5.74, 6) is -0.631. The van der Waals surface area contributed by atoms with Crippen molar-refractivity contribution in [1.29, 1.82) is 0 Å². The molecule has 17 nitrogen and oxygen atoms in total. The van der Waals surface area contributed by atoms with Gasteiger partial charge in [0.2, 0.25) is 0 Å². The highest BCUT2D eigenvalue weighted by Gasteiger charge is 2.30. The molecule has 0 aliphatic heterocycles. The van der Waals surface area contributed by atoms with Crippen molar-refractivity contribution in [2.24, 2.45) is 11.8 Å². The average Bonchev–Trinajstić information content (AvgIpc) is 3.65. The normalized spacial score (nSPS) is 14.4. The van der Waals surface area contributed by atoms with Crippen molar-refractivity contribution in [2.75, 3.05) is 39.6 Å². The fourth-order valence-corrected chi connectivity index (χ4v) is 12.7. The fraction of sp³-hybridized carbons (Fsp3) is 0.945. The number of carbonyl (C=O) groups is 4. The van der Waals surface area contributed by atoms with Crippen molar-refractivity contribution < 1.29 is 80.2 Å². The second-order valence-corrected chi connectivity index (χ2v) is 30.0. The van der Waals surface area contributed by atoms with E-state index in [1.807, 2.05) is 0 Å². The number of hydrogen-bond acceptors (Lipinski definition) is 15. The zero-order valence-corrected chi connectivity index (χ0v) is 61.6. The van der Waals surface area contributed by atoms with Gasteiger partial charge in [-0.05, 0) is 37.5 Å². The van der Waals surface area contributed by atoms with E-state index in [9.17, 15) is 43.2 Å². The Bertz CT molecular complexity index is 1790. The number of phosphoric acid groups is 2. The number of unbranched alkanes of at least 4 members (excludes halogenated alkanes) is 41. The Morgan fingerprint density at radius 1 is 0.315 bits per heavy atom. The molecule has 0 fully saturated rings. The highest BCUT2D eigenvalue weighted by Crippen LogP contribution is 2.45. The minimum absolute atomic E-state index is 0.106. The fourth-order valence-electron chi connectivity index (χ4n) is 11.1. The molecule has 546 valence electrons. The molecule has 92 heavy (non-hydrogen) atoms. The van der Waals surface area contributed by atoms with Crippen LogP contribution < -0.4 is 0 Å². The van der Waals surface area contributed by atoms with Gasteiger partial charge in [0.25, 0.3) is 0 Å². The first kappa shape index (κ1) is 90.1. The van der Waals surface area contributed by atoms with E-state index in [0.717, 1.165) is 102 Å². The van der Waals surface area contributed by atoms with Gasteiger partial charge in [-0.1, -0.05) is 324 Å². The maximum absolute atomic E-state index is 13.1. The SMILES string of the molecule is CCCCCCCCCCCCCCCCCCCC(=O)O[C@H](COC(=O)CCCCCCCCCCCCC(C)CC)COP(=O)(O)OC[C@@H](O)COP(=O)(O)OC[C@@H](COC(=O)CCCCCCCCC(C)C)OC(=O)CCCCCCCCCCCCCC. The quantitative estimate of drug-likeness (QED) is 0.0222. The largest absolute Gasteiger partial charge is 0.472 e. The molecule has 0 aromatic carbocycles. The molecule has 0 aliphatic rings. The molecule has 0 saturated heterocycles. The number of aliphatic hydroxyl groups excluding tert-OH is 1. The molecule has 0 spiro atoms. The van der Waals surface area contributed by atoms with Gasteiger partial charge in [-0.2, -0.15) is 0 Å². The topological polar surface area (TPSA) is 237 Å². The minimum Gasteiger partial charge on any atom is -0.462 e. The summed E-state index contributed by atoms with van der Waals surface area (Å²) in [6.07, 6.45) is 51.3. The van der Waals surface area contributed by atoms with Crippen LogP contribution in [0.25, 0.3) is 0 Å². The average molecular weight is 1350 g/mol. The molecule has 19 heteroatoms. The van der Waals surface area contributed by atoms with E-state index in [4.69, 9.17) is 37.0 Å². The van der Waals surface area contributed by atoms with E-state index in [1.54, 1.807) is 0 Å². The van der Waals surface area contributed by atoms with Crippen LogP contribution in [-0.2, 0) is 65.4 Å². The second kappa shape index (κ2) is 65.0. The lowest BCUT2D eigenvalue weighted by Crippen LogP contribution is -2.30. The summed E-state index contributed by atoms with van der Waals surface area (Å²) < 4.78 is 68.4. The summed E-state index contributed by atoms with van der Waals surface area (Å²) in [4.78, 5) is 72.6. The third-order valence-corrected chi connectivity index (χ3v) is 19.2. The van der Waals surface area contributed by atoms with Crippen molar-refractivity contribution in [3.05, 3.63) is 0 Å². The van der Waals surface area contributed by atoms with Crippen molar-refractivity contribution in [3.63, 3.8) is 0 Å². The number of ether oxygens (including phenoxy) is 4. The highest BCUT2D eigenvalue weighted by molar-refractivity contribution is 7.47. The van der Waals surface area contributed by atoms with Crippen LogP contribution in [0.1, 0.15) is 375 Å². The van der Waals surface area contributed by atoms with E-state index in [1.165, 1.54) is 186 Å². The van der Waals surface area contributed by atoms with Gasteiger partial charge in [0.1, 0.15) is 19.3 Å². The summed E-state index contributed by atoms with van der Waals surface area (Å²) in [6.45, 7) is 9.52. The minimum atomic E-state index is -4.95. The van der Waals surface area contributed by atoms with Gasteiger partial charge in [0, 0.05) is 25.7 Å². The summed E-state index contributed by atoms with van der Waals surface area (Å²) in [5, 5.41) is 10.6. The summed E-state index contributed by atoms with van der Waals surface area (Å²) in [5.41, 5.74) is 0. The molecule has 3 N–H and O–H groups in total. The maximum atomic E-state index is 13.1. The molecule has 0 aromatic heterocycles. The lowest BCUT2D eigenvalue weighted by Gasteiger charge is -2.21. The van der Waals surface area contributed by atoms with Crippen LogP contribution in [0, 0.1) is 11.8 Å². The number of phosphoric ester groups is 2. The van der Waals surface area contributed by atoms with Crippen molar-refractivity contribution in [3.8, 4) is 0 Å². The number of aliphatic hydroxyl groups is 1. The molecule has 0 radical (unpaired) electrons. The number of esters is 4. The molecule has 0 saturated carbocycles. The van der Waals surface area contributed by atoms with Crippen LogP contribution in [0.3, 0.4) is 0 Å². The van der Waals surface area contributed by atoms with E-state index in [-0.39, 0.29) is 25.7 Å². The zero-order chi connectivity index (χ0) is 67.9. The van der Waals surface area contributed by atoms with Crippen LogP contribution >= 0.6 is 15.6 Å². The van der Waals surface area contributed by atoms with Gasteiger partial charge < -0.3 is 33.8 Å². The standard InChI is InChI=1S/C73H142O17P2/c1-7-10-12-14-16-18-20-22-23-24-25-26-28-34-38-46-52-58-73(78)89-68(61-83-70(75)55-49-43-36-32-30-29-31-35-42-48-54-66(6)9-3)63-87-91(79,80)85-59-67(74)60-86-92(81,82)88-64-69(62-84-71(76)56-50-44-40-39-41-47-53-65(4)5)90-72(77)57-51-45-37-33-27-21-19-17-15-13-11-8-2/h65-69,74H,7-64H2,1-6H3,(H,79,80)(H,81,82)/t66?,67-,68-,69-/m1/s1. The molecule has 0 heterocycles. The predicted octanol–water partition coefficient (Wildman–Crippen LogP) is 21.2. The zero-order valence-electron chi connectivity index (χ0n) is 59.9. The lowest BCUT2D eigenvalue weighted by atomic mass is 9.99. The Hall–Kier alpha value is -1.94. The molecule has 0 rings (SSSR count). The van der Waals surface area contributed by atoms with Gasteiger partial charge >= 0.3 is 39.5 Å². The predicted molar refractivity (Wildman–Crippen MR) is 372 cm³/mol. The Balaban J connectivity index is 5.24. The number of hydrogen-bond donors (Lipinski definition) is 3. The first-order valence-electron chi connectivity index (χ1n) is 38.0. The molecule has 3 unspecified atom stereocenters. The third kappa shape index (κ3) is 65.4.